The van der Waals surface area contributed by atoms with Gasteiger partial charge in [-0.2, -0.15) is 0 Å². The number of carbonyl (C=O) groups excluding carboxylic acids is 3. The molecule has 1 fully saturated rings. The largest absolute Gasteiger partial charge is 0.507 e. The molecule has 0 heterocycles. The van der Waals surface area contributed by atoms with Crippen LogP contribution in [0.25, 0.3) is 0 Å². The van der Waals surface area contributed by atoms with Gasteiger partial charge in [0.25, 0.3) is 0 Å². The highest BCUT2D eigenvalue weighted by Gasteiger charge is 2.62. The molecule has 0 bridgehead atoms. The van der Waals surface area contributed by atoms with Crippen LogP contribution < -0.4 is 0 Å². The summed E-state index contributed by atoms with van der Waals surface area (Å²) in [5.74, 6) is -4.29. The van der Waals surface area contributed by atoms with Crippen LogP contribution in [0.4, 0.5) is 0 Å². The molecule has 0 amide bonds. The summed E-state index contributed by atoms with van der Waals surface area (Å²) in [5, 5.41) is 20.4. The molecule has 0 aliphatic heterocycles. The van der Waals surface area contributed by atoms with Crippen LogP contribution in [0.3, 0.4) is 0 Å². The second kappa shape index (κ2) is 5.63. The molecule has 140 valence electrons. The predicted octanol–water partition coefficient (Wildman–Crippen LogP) is 2.77. The second-order valence-electron chi connectivity index (χ2n) is 8.50. The van der Waals surface area contributed by atoms with Crippen molar-refractivity contribution < 1.29 is 29.4 Å². The van der Waals surface area contributed by atoms with Crippen molar-refractivity contribution in [1.82, 2.24) is 0 Å². The van der Waals surface area contributed by atoms with Crippen molar-refractivity contribution in [3.63, 3.8) is 0 Å². The minimum absolute atomic E-state index is 0.0420. The van der Waals surface area contributed by atoms with Crippen LogP contribution >= 0.6 is 0 Å². The van der Waals surface area contributed by atoms with E-state index in [0.717, 1.165) is 0 Å². The van der Waals surface area contributed by atoms with E-state index in [9.17, 15) is 29.4 Å². The van der Waals surface area contributed by atoms with Crippen LogP contribution in [-0.4, -0.2) is 33.5 Å². The van der Waals surface area contributed by atoms with Gasteiger partial charge in [-0.25, -0.2) is 0 Å². The topological polar surface area (TPSA) is 109 Å². The molecule has 3 rings (SSSR count). The van der Waals surface area contributed by atoms with Gasteiger partial charge in [0, 0.05) is 34.5 Å². The highest BCUT2D eigenvalue weighted by molar-refractivity contribution is 6.51. The Labute approximate surface area is 152 Å². The SMILES string of the molecule is CC(C)C1=C(O)C2=C(C(=O)C1=O)C1(C)CCCC(C)(C(=O)O)C1C(=O)C2. The standard InChI is InChI=1S/C20H24O6/c1-9(2)12-14(22)10-8-11(21)17-19(3,13(10)16(24)15(12)23)6-5-7-20(17,4)18(25)26/h9,17,22H,5-8H2,1-4H3,(H,25,26). The zero-order chi connectivity index (χ0) is 19.6. The van der Waals surface area contributed by atoms with E-state index < -0.39 is 34.3 Å². The van der Waals surface area contributed by atoms with Gasteiger partial charge < -0.3 is 10.2 Å². The molecule has 0 aromatic rings. The van der Waals surface area contributed by atoms with E-state index in [0.29, 0.717) is 19.3 Å². The Balaban J connectivity index is 2.29. The number of carboxylic acid groups (broad SMARTS) is 1. The van der Waals surface area contributed by atoms with Crippen molar-refractivity contribution in [3.05, 3.63) is 22.5 Å². The summed E-state index contributed by atoms with van der Waals surface area (Å²) >= 11 is 0. The number of aliphatic hydroxyl groups is 1. The lowest BCUT2D eigenvalue weighted by Gasteiger charge is -2.53. The number of aliphatic hydroxyl groups excluding tert-OH is 1. The number of allylic oxidation sites excluding steroid dienone is 3. The maximum absolute atomic E-state index is 13.0. The van der Waals surface area contributed by atoms with Gasteiger partial charge in [-0.15, -0.1) is 0 Å². The van der Waals surface area contributed by atoms with Crippen LogP contribution in [0.5, 0.6) is 0 Å². The van der Waals surface area contributed by atoms with E-state index in [2.05, 4.69) is 0 Å². The van der Waals surface area contributed by atoms with Crippen molar-refractivity contribution in [1.29, 1.82) is 0 Å². The van der Waals surface area contributed by atoms with Crippen molar-refractivity contribution in [2.24, 2.45) is 22.7 Å². The first-order valence-corrected chi connectivity index (χ1v) is 8.99. The van der Waals surface area contributed by atoms with Crippen LogP contribution in [0.15, 0.2) is 22.5 Å². The first-order valence-electron chi connectivity index (χ1n) is 8.99. The lowest BCUT2D eigenvalue weighted by Crippen LogP contribution is -2.56. The molecule has 0 spiro atoms. The van der Waals surface area contributed by atoms with Crippen molar-refractivity contribution in [2.45, 2.75) is 53.4 Å². The lowest BCUT2D eigenvalue weighted by molar-refractivity contribution is -0.164. The van der Waals surface area contributed by atoms with E-state index in [1.165, 1.54) is 0 Å². The van der Waals surface area contributed by atoms with Crippen molar-refractivity contribution in [3.8, 4) is 0 Å². The zero-order valence-electron chi connectivity index (χ0n) is 15.5. The Kier molecular flexibility index (Phi) is 4.01. The fourth-order valence-electron chi connectivity index (χ4n) is 5.37. The number of ketones is 3. The first kappa shape index (κ1) is 18.5. The van der Waals surface area contributed by atoms with Gasteiger partial charge in [-0.05, 0) is 25.7 Å². The molecule has 3 unspecified atom stereocenters. The summed E-state index contributed by atoms with van der Waals surface area (Å²) < 4.78 is 0. The second-order valence-corrected chi connectivity index (χ2v) is 8.50. The number of aliphatic carboxylic acids is 1. The fourth-order valence-corrected chi connectivity index (χ4v) is 5.37. The lowest BCUT2D eigenvalue weighted by atomic mass is 9.48. The summed E-state index contributed by atoms with van der Waals surface area (Å²) in [6, 6.07) is 0. The molecule has 6 nitrogen and oxygen atoms in total. The monoisotopic (exact) mass is 360 g/mol. The normalized spacial score (nSPS) is 35.0. The van der Waals surface area contributed by atoms with E-state index in [4.69, 9.17) is 0 Å². The van der Waals surface area contributed by atoms with Gasteiger partial charge in [0.1, 0.15) is 11.5 Å². The minimum atomic E-state index is -1.29. The third kappa shape index (κ3) is 2.17. The highest BCUT2D eigenvalue weighted by Crippen LogP contribution is 2.60. The number of fused-ring (bicyclic) bond motifs is 2. The summed E-state index contributed by atoms with van der Waals surface area (Å²) in [7, 11) is 0. The third-order valence-corrected chi connectivity index (χ3v) is 6.50. The van der Waals surface area contributed by atoms with Crippen LogP contribution in [0.1, 0.15) is 53.4 Å². The smallest absolute Gasteiger partial charge is 0.310 e. The Bertz CT molecular complexity index is 814. The number of hydrogen-bond acceptors (Lipinski definition) is 5. The quantitative estimate of drug-likeness (QED) is 0.579. The van der Waals surface area contributed by atoms with Crippen LogP contribution in [0.2, 0.25) is 0 Å². The van der Waals surface area contributed by atoms with E-state index in [1.807, 2.05) is 0 Å². The van der Waals surface area contributed by atoms with Gasteiger partial charge in [-0.3, -0.25) is 19.2 Å². The van der Waals surface area contributed by atoms with Gasteiger partial charge >= 0.3 is 5.97 Å². The maximum atomic E-state index is 13.0. The predicted molar refractivity (Wildman–Crippen MR) is 92.3 cm³/mol. The van der Waals surface area contributed by atoms with Gasteiger partial charge in [0.05, 0.1) is 5.41 Å². The van der Waals surface area contributed by atoms with Crippen LogP contribution in [-0.2, 0) is 19.2 Å². The van der Waals surface area contributed by atoms with Gasteiger partial charge in [-0.1, -0.05) is 27.2 Å². The zero-order valence-corrected chi connectivity index (χ0v) is 15.5. The molecule has 0 aromatic heterocycles. The average Bonchev–Trinajstić information content (AvgIpc) is 2.51. The Morgan fingerprint density at radius 2 is 1.73 bits per heavy atom. The molecular formula is C20H24O6. The molecule has 26 heavy (non-hydrogen) atoms. The van der Waals surface area contributed by atoms with Gasteiger partial charge in [0.2, 0.25) is 11.6 Å². The molecular weight excluding hydrogens is 336 g/mol. The summed E-state index contributed by atoms with van der Waals surface area (Å²) in [6.07, 6.45) is 1.11. The van der Waals surface area contributed by atoms with E-state index in [1.54, 1.807) is 27.7 Å². The number of carbonyl (C=O) groups is 4. The highest BCUT2D eigenvalue weighted by atomic mass is 16.4. The van der Waals surface area contributed by atoms with Gasteiger partial charge in [0.15, 0.2) is 0 Å². The van der Waals surface area contributed by atoms with Crippen LogP contribution in [0, 0.1) is 22.7 Å². The summed E-state index contributed by atoms with van der Waals surface area (Å²) in [4.78, 5) is 50.5. The van der Waals surface area contributed by atoms with Crippen molar-refractivity contribution >= 4 is 23.3 Å². The number of hydrogen-bond donors (Lipinski definition) is 2. The Morgan fingerprint density at radius 3 is 2.27 bits per heavy atom. The minimum Gasteiger partial charge on any atom is -0.507 e. The molecule has 3 aliphatic carbocycles. The molecule has 0 radical (unpaired) electrons. The molecule has 3 atom stereocenters. The first-order chi connectivity index (χ1) is 12.0. The fraction of sp³-hybridized carbons (Fsp3) is 0.600. The van der Waals surface area contributed by atoms with Crippen molar-refractivity contribution in [2.75, 3.05) is 0 Å². The average molecular weight is 360 g/mol. The molecule has 6 heteroatoms. The molecule has 2 N–H and O–H groups in total. The summed E-state index contributed by atoms with van der Waals surface area (Å²) in [6.45, 7) is 6.66. The molecule has 0 aromatic carbocycles. The Morgan fingerprint density at radius 1 is 1.12 bits per heavy atom. The number of Topliss-reactive ketones (excluding diaryl/α,β-unsaturated/α-hetero) is 3. The third-order valence-electron chi connectivity index (χ3n) is 6.50. The molecule has 1 saturated carbocycles. The summed E-state index contributed by atoms with van der Waals surface area (Å²) in [5.41, 5.74) is -1.93. The maximum Gasteiger partial charge on any atom is 0.310 e. The molecule has 0 saturated heterocycles. The Hall–Kier alpha value is -2.24. The number of carboxylic acids is 1. The van der Waals surface area contributed by atoms with E-state index >= 15 is 0 Å². The number of rotatable bonds is 2. The molecule has 3 aliphatic rings. The van der Waals surface area contributed by atoms with E-state index in [-0.39, 0.29) is 40.6 Å².